The van der Waals surface area contributed by atoms with E-state index in [1.807, 2.05) is 40.8 Å². The van der Waals surface area contributed by atoms with E-state index in [1.54, 1.807) is 0 Å². The summed E-state index contributed by atoms with van der Waals surface area (Å²) in [4.78, 5) is 21.9. The number of benzene rings is 1. The van der Waals surface area contributed by atoms with Crippen LogP contribution in [0, 0.1) is 6.92 Å². The molecule has 1 aromatic carbocycles. The summed E-state index contributed by atoms with van der Waals surface area (Å²) in [7, 11) is 2.18. The summed E-state index contributed by atoms with van der Waals surface area (Å²) in [5.74, 6) is 0.0440. The van der Waals surface area contributed by atoms with Crippen LogP contribution in [0.4, 0.5) is 0 Å². The van der Waals surface area contributed by atoms with Crippen molar-refractivity contribution in [1.29, 1.82) is 0 Å². The second kappa shape index (κ2) is 8.15. The number of likely N-dealkylation sites (N-methyl/N-ethyl adjacent to an activating group) is 1. The van der Waals surface area contributed by atoms with Crippen LogP contribution in [0.25, 0.3) is 5.65 Å². The average molecular weight is 377 g/mol. The number of hydrogen-bond donors (Lipinski definition) is 0. The Labute approximate surface area is 166 Å². The zero-order chi connectivity index (χ0) is 19.5. The normalized spacial score (nSPS) is 17.4. The van der Waals surface area contributed by atoms with Gasteiger partial charge in [-0.2, -0.15) is 0 Å². The number of piperidine rings is 1. The lowest BCUT2D eigenvalue weighted by Crippen LogP contribution is -2.49. The Kier molecular flexibility index (Phi) is 5.44. The van der Waals surface area contributed by atoms with E-state index in [-0.39, 0.29) is 5.91 Å². The summed E-state index contributed by atoms with van der Waals surface area (Å²) >= 11 is 0. The molecule has 3 heterocycles. The van der Waals surface area contributed by atoms with E-state index in [4.69, 9.17) is 0 Å². The van der Waals surface area contributed by atoms with Crippen molar-refractivity contribution in [3.63, 3.8) is 0 Å². The van der Waals surface area contributed by atoms with Crippen LogP contribution in [-0.4, -0.2) is 57.8 Å². The van der Waals surface area contributed by atoms with Crippen LogP contribution in [0.2, 0.25) is 0 Å². The van der Waals surface area contributed by atoms with Crippen molar-refractivity contribution >= 4 is 11.6 Å². The van der Waals surface area contributed by atoms with Gasteiger partial charge in [-0.05, 0) is 50.4 Å². The van der Waals surface area contributed by atoms with Crippen molar-refractivity contribution in [2.75, 3.05) is 26.7 Å². The highest BCUT2D eigenvalue weighted by atomic mass is 16.2. The highest BCUT2D eigenvalue weighted by Crippen LogP contribution is 2.18. The van der Waals surface area contributed by atoms with E-state index in [0.29, 0.717) is 11.7 Å². The molecule has 1 aliphatic rings. The smallest absolute Gasteiger partial charge is 0.274 e. The van der Waals surface area contributed by atoms with Gasteiger partial charge in [0.25, 0.3) is 5.91 Å². The number of carbonyl (C=O) groups is 1. The number of rotatable bonds is 5. The van der Waals surface area contributed by atoms with Gasteiger partial charge in [0.1, 0.15) is 11.3 Å². The van der Waals surface area contributed by atoms with E-state index in [0.717, 1.165) is 50.1 Å². The number of aromatic nitrogens is 2. The fraction of sp³-hybridized carbons (Fsp3) is 0.391. The summed E-state index contributed by atoms with van der Waals surface area (Å²) in [6.07, 6.45) is 7.08. The molecule has 0 unspecified atom stereocenters. The number of nitrogens with zero attached hydrogens (tertiary/aromatic N) is 4. The van der Waals surface area contributed by atoms with Crippen LogP contribution in [0.5, 0.6) is 0 Å². The first-order valence-corrected chi connectivity index (χ1v) is 10.1. The fourth-order valence-electron chi connectivity index (χ4n) is 4.00. The zero-order valence-electron chi connectivity index (χ0n) is 16.7. The minimum Gasteiger partial charge on any atom is -0.336 e. The maximum absolute atomic E-state index is 13.0. The molecule has 1 amide bonds. The highest BCUT2D eigenvalue weighted by molar-refractivity contribution is 5.93. The predicted octanol–water partition coefficient (Wildman–Crippen LogP) is 3.42. The maximum Gasteiger partial charge on any atom is 0.274 e. The lowest BCUT2D eigenvalue weighted by Gasteiger charge is -2.37. The first-order chi connectivity index (χ1) is 13.6. The molecule has 1 saturated heterocycles. The van der Waals surface area contributed by atoms with Gasteiger partial charge in [-0.1, -0.05) is 36.4 Å². The number of pyridine rings is 1. The van der Waals surface area contributed by atoms with Crippen LogP contribution in [-0.2, 0) is 6.42 Å². The topological polar surface area (TPSA) is 40.9 Å². The SMILES string of the molecule is Cc1ccc2nc(C(=O)N3CCC[C@H](N(C)CCc4ccccc4)C3)cn2c1. The van der Waals surface area contributed by atoms with Gasteiger partial charge in [-0.25, -0.2) is 4.98 Å². The summed E-state index contributed by atoms with van der Waals surface area (Å²) in [6.45, 7) is 4.64. The van der Waals surface area contributed by atoms with Crippen LogP contribution >= 0.6 is 0 Å². The quantitative estimate of drug-likeness (QED) is 0.685. The van der Waals surface area contributed by atoms with E-state index < -0.39 is 0 Å². The van der Waals surface area contributed by atoms with Crippen molar-refractivity contribution < 1.29 is 4.79 Å². The molecule has 1 fully saturated rings. The molecule has 3 aromatic rings. The Bertz CT molecular complexity index is 950. The van der Waals surface area contributed by atoms with Gasteiger partial charge in [0, 0.05) is 38.1 Å². The second-order valence-electron chi connectivity index (χ2n) is 7.86. The average Bonchev–Trinajstić information content (AvgIpc) is 3.15. The minimum atomic E-state index is 0.0440. The first kappa shape index (κ1) is 18.7. The van der Waals surface area contributed by atoms with Crippen molar-refractivity contribution in [3.05, 3.63) is 71.7 Å². The third-order valence-corrected chi connectivity index (χ3v) is 5.72. The Balaban J connectivity index is 1.40. The summed E-state index contributed by atoms with van der Waals surface area (Å²) in [6, 6.07) is 15.0. The molecule has 0 saturated carbocycles. The molecular weight excluding hydrogens is 348 g/mol. The van der Waals surface area contributed by atoms with E-state index in [1.165, 1.54) is 5.56 Å². The molecule has 0 N–H and O–H groups in total. The van der Waals surface area contributed by atoms with Gasteiger partial charge in [0.2, 0.25) is 0 Å². The molecule has 28 heavy (non-hydrogen) atoms. The number of imidazole rings is 1. The van der Waals surface area contributed by atoms with Crippen LogP contribution < -0.4 is 0 Å². The number of hydrogen-bond acceptors (Lipinski definition) is 3. The van der Waals surface area contributed by atoms with Gasteiger partial charge in [-0.15, -0.1) is 0 Å². The molecular formula is C23H28N4O. The first-order valence-electron chi connectivity index (χ1n) is 10.1. The van der Waals surface area contributed by atoms with E-state index in [2.05, 4.69) is 47.3 Å². The predicted molar refractivity (Wildman–Crippen MR) is 112 cm³/mol. The highest BCUT2D eigenvalue weighted by Gasteiger charge is 2.28. The van der Waals surface area contributed by atoms with Crippen LogP contribution in [0.15, 0.2) is 54.9 Å². The van der Waals surface area contributed by atoms with Crippen molar-refractivity contribution in [2.24, 2.45) is 0 Å². The molecule has 4 rings (SSSR count). The Morgan fingerprint density at radius 1 is 1.18 bits per heavy atom. The molecule has 1 aliphatic heterocycles. The maximum atomic E-state index is 13.0. The number of amides is 1. The number of fused-ring (bicyclic) bond motifs is 1. The monoisotopic (exact) mass is 376 g/mol. The minimum absolute atomic E-state index is 0.0440. The summed E-state index contributed by atoms with van der Waals surface area (Å²) < 4.78 is 1.94. The Hall–Kier alpha value is -2.66. The van der Waals surface area contributed by atoms with Crippen LogP contribution in [0.3, 0.4) is 0 Å². The third-order valence-electron chi connectivity index (χ3n) is 5.72. The summed E-state index contributed by atoms with van der Waals surface area (Å²) in [5, 5.41) is 0. The molecule has 2 aromatic heterocycles. The summed E-state index contributed by atoms with van der Waals surface area (Å²) in [5.41, 5.74) is 3.88. The van der Waals surface area contributed by atoms with Gasteiger partial charge in [-0.3, -0.25) is 4.79 Å². The zero-order valence-corrected chi connectivity index (χ0v) is 16.7. The van der Waals surface area contributed by atoms with Crippen molar-refractivity contribution in [2.45, 2.75) is 32.2 Å². The van der Waals surface area contributed by atoms with Gasteiger partial charge in [0.05, 0.1) is 0 Å². The van der Waals surface area contributed by atoms with Gasteiger partial charge in [0.15, 0.2) is 0 Å². The largest absolute Gasteiger partial charge is 0.336 e. The standard InChI is InChI=1S/C23H28N4O/c1-18-10-11-22-24-21(17-27(22)15-18)23(28)26-13-6-9-20(16-26)25(2)14-12-19-7-4-3-5-8-19/h3-5,7-8,10-11,15,17,20H,6,9,12-14,16H2,1-2H3/t20-/m0/s1. The number of likely N-dealkylation sites (tertiary alicyclic amines) is 1. The van der Waals surface area contributed by atoms with E-state index >= 15 is 0 Å². The Morgan fingerprint density at radius 2 is 2.00 bits per heavy atom. The molecule has 5 heteroatoms. The molecule has 0 spiro atoms. The molecule has 5 nitrogen and oxygen atoms in total. The molecule has 0 bridgehead atoms. The van der Waals surface area contributed by atoms with Crippen LogP contribution in [0.1, 0.15) is 34.5 Å². The Morgan fingerprint density at radius 3 is 2.82 bits per heavy atom. The number of aryl methyl sites for hydroxylation is 1. The fourth-order valence-corrected chi connectivity index (χ4v) is 4.00. The van der Waals surface area contributed by atoms with Gasteiger partial charge < -0.3 is 14.2 Å². The lowest BCUT2D eigenvalue weighted by atomic mass is 10.0. The van der Waals surface area contributed by atoms with Crippen molar-refractivity contribution in [1.82, 2.24) is 19.2 Å². The van der Waals surface area contributed by atoms with E-state index in [9.17, 15) is 4.79 Å². The lowest BCUT2D eigenvalue weighted by molar-refractivity contribution is 0.0606. The molecule has 146 valence electrons. The molecule has 0 radical (unpaired) electrons. The molecule has 1 atom stereocenters. The third kappa shape index (κ3) is 4.09. The van der Waals surface area contributed by atoms with Gasteiger partial charge >= 0.3 is 0 Å². The second-order valence-corrected chi connectivity index (χ2v) is 7.86. The number of carbonyl (C=O) groups excluding carboxylic acids is 1. The van der Waals surface area contributed by atoms with Crippen molar-refractivity contribution in [3.8, 4) is 0 Å². The molecule has 0 aliphatic carbocycles.